The number of rotatable bonds is 7. The highest BCUT2D eigenvalue weighted by Crippen LogP contribution is 2.03. The van der Waals surface area contributed by atoms with Gasteiger partial charge in [-0.05, 0) is 42.0 Å². The van der Waals surface area contributed by atoms with Crippen molar-refractivity contribution in [2.75, 3.05) is 80.5 Å². The molecule has 0 aliphatic carbocycles. The van der Waals surface area contributed by atoms with Crippen LogP contribution in [-0.2, 0) is 0 Å². The standard InChI is InChI=1S/C10H22N2O2.C6H16N2/c1-9(13)7-11-3-5-12(6-4-11)8-10(2)14;1-7(2)5-6-8(3)4/h9-10,13-14H,3-8H2,1-2H3;5-6H2,1-4H3. The molecule has 6 heteroatoms. The number of nitrogens with zero attached hydrogens (tertiary/aromatic N) is 4. The Morgan fingerprint density at radius 2 is 1.00 bits per heavy atom. The number of β-amino-alcohol motifs (C(OH)–C–C–N with tert-alkyl or cyclic N) is 2. The van der Waals surface area contributed by atoms with Crippen LogP contribution in [0.15, 0.2) is 0 Å². The first-order valence-electron chi connectivity index (χ1n) is 8.31. The highest BCUT2D eigenvalue weighted by Gasteiger charge is 2.18. The molecule has 2 N–H and O–H groups in total. The fourth-order valence-corrected chi connectivity index (χ4v) is 2.30. The lowest BCUT2D eigenvalue weighted by atomic mass is 10.2. The van der Waals surface area contributed by atoms with Crippen molar-refractivity contribution >= 4 is 0 Å². The molecule has 0 amide bonds. The average Bonchev–Trinajstić information content (AvgIpc) is 2.38. The van der Waals surface area contributed by atoms with Gasteiger partial charge in [-0.1, -0.05) is 0 Å². The fourth-order valence-electron chi connectivity index (χ4n) is 2.30. The van der Waals surface area contributed by atoms with Gasteiger partial charge in [0.05, 0.1) is 12.2 Å². The van der Waals surface area contributed by atoms with Gasteiger partial charge in [0.2, 0.25) is 0 Å². The third-order valence-electron chi connectivity index (χ3n) is 3.50. The largest absolute Gasteiger partial charge is 0.392 e. The molecular formula is C16H38N4O2. The molecule has 22 heavy (non-hydrogen) atoms. The first-order valence-corrected chi connectivity index (χ1v) is 8.31. The smallest absolute Gasteiger partial charge is 0.0639 e. The molecule has 0 spiro atoms. The maximum Gasteiger partial charge on any atom is 0.0639 e. The third kappa shape index (κ3) is 13.4. The van der Waals surface area contributed by atoms with Crippen LogP contribution in [0, 0.1) is 0 Å². The lowest BCUT2D eigenvalue weighted by Gasteiger charge is -2.35. The van der Waals surface area contributed by atoms with Gasteiger partial charge >= 0.3 is 0 Å². The Morgan fingerprint density at radius 1 is 0.727 bits per heavy atom. The SMILES string of the molecule is CC(O)CN1CCN(CC(C)O)CC1.CN(C)CCN(C)C. The summed E-state index contributed by atoms with van der Waals surface area (Å²) in [5.41, 5.74) is 0. The molecule has 0 bridgehead atoms. The minimum atomic E-state index is -0.238. The van der Waals surface area contributed by atoms with Gasteiger partial charge in [0.1, 0.15) is 0 Å². The number of likely N-dealkylation sites (N-methyl/N-ethyl adjacent to an activating group) is 2. The molecule has 134 valence electrons. The molecule has 1 rings (SSSR count). The van der Waals surface area contributed by atoms with Gasteiger partial charge in [-0.3, -0.25) is 9.80 Å². The lowest BCUT2D eigenvalue weighted by Crippen LogP contribution is -2.49. The first-order chi connectivity index (χ1) is 10.2. The minimum Gasteiger partial charge on any atom is -0.392 e. The molecule has 1 saturated heterocycles. The predicted molar refractivity (Wildman–Crippen MR) is 93.3 cm³/mol. The molecule has 1 aliphatic heterocycles. The zero-order valence-electron chi connectivity index (χ0n) is 15.5. The van der Waals surface area contributed by atoms with E-state index >= 15 is 0 Å². The molecule has 2 unspecified atom stereocenters. The fraction of sp³-hybridized carbons (Fsp3) is 1.00. The predicted octanol–water partition coefficient (Wildman–Crippen LogP) is -0.525. The molecule has 2 atom stereocenters. The second-order valence-electron chi connectivity index (χ2n) is 6.91. The number of hydrogen-bond acceptors (Lipinski definition) is 6. The summed E-state index contributed by atoms with van der Waals surface area (Å²) < 4.78 is 0. The number of piperazine rings is 1. The highest BCUT2D eigenvalue weighted by atomic mass is 16.3. The summed E-state index contributed by atoms with van der Waals surface area (Å²) in [7, 11) is 8.35. The minimum absolute atomic E-state index is 0.238. The molecule has 1 aliphatic rings. The molecule has 6 nitrogen and oxygen atoms in total. The van der Waals surface area contributed by atoms with E-state index in [2.05, 4.69) is 47.8 Å². The van der Waals surface area contributed by atoms with E-state index in [0.29, 0.717) is 0 Å². The Bertz CT molecular complexity index is 227. The molecular weight excluding hydrogens is 280 g/mol. The van der Waals surface area contributed by atoms with E-state index in [1.165, 1.54) is 0 Å². The zero-order chi connectivity index (χ0) is 17.1. The van der Waals surface area contributed by atoms with Gasteiger partial charge in [0, 0.05) is 52.4 Å². The van der Waals surface area contributed by atoms with E-state index in [9.17, 15) is 10.2 Å². The molecule has 0 aromatic carbocycles. The second kappa shape index (κ2) is 12.2. The van der Waals surface area contributed by atoms with Crippen LogP contribution in [0.5, 0.6) is 0 Å². The first kappa shape index (κ1) is 21.8. The molecule has 0 aromatic rings. The maximum absolute atomic E-state index is 9.22. The maximum atomic E-state index is 9.22. The normalized spacial score (nSPS) is 19.9. The van der Waals surface area contributed by atoms with Crippen LogP contribution in [-0.4, -0.2) is 123 Å². The molecule has 1 fully saturated rings. The summed E-state index contributed by atoms with van der Waals surface area (Å²) in [5, 5.41) is 18.4. The number of hydrogen-bond donors (Lipinski definition) is 2. The summed E-state index contributed by atoms with van der Waals surface area (Å²) in [4.78, 5) is 8.90. The lowest BCUT2D eigenvalue weighted by molar-refractivity contribution is 0.0576. The van der Waals surface area contributed by atoms with Crippen LogP contribution in [0.4, 0.5) is 0 Å². The Balaban J connectivity index is 0.000000472. The van der Waals surface area contributed by atoms with Gasteiger partial charge in [-0.2, -0.15) is 0 Å². The van der Waals surface area contributed by atoms with Crippen molar-refractivity contribution in [1.29, 1.82) is 0 Å². The van der Waals surface area contributed by atoms with Crippen molar-refractivity contribution in [3.05, 3.63) is 0 Å². The van der Waals surface area contributed by atoms with Crippen molar-refractivity contribution < 1.29 is 10.2 Å². The van der Waals surface area contributed by atoms with E-state index in [1.807, 2.05) is 13.8 Å². The summed E-state index contributed by atoms with van der Waals surface area (Å²) in [6, 6.07) is 0. The van der Waals surface area contributed by atoms with E-state index in [4.69, 9.17) is 0 Å². The Kier molecular flexibility index (Phi) is 12.1. The van der Waals surface area contributed by atoms with E-state index < -0.39 is 0 Å². The summed E-state index contributed by atoms with van der Waals surface area (Å²) in [6.45, 7) is 11.5. The highest BCUT2D eigenvalue weighted by molar-refractivity contribution is 4.74. The van der Waals surface area contributed by atoms with Crippen molar-refractivity contribution in [1.82, 2.24) is 19.6 Å². The number of aliphatic hydroxyl groups excluding tert-OH is 2. The number of aliphatic hydroxyl groups is 2. The summed E-state index contributed by atoms with van der Waals surface area (Å²) >= 11 is 0. The van der Waals surface area contributed by atoms with Crippen LogP contribution < -0.4 is 0 Å². The van der Waals surface area contributed by atoms with Crippen LogP contribution in [0.2, 0.25) is 0 Å². The zero-order valence-corrected chi connectivity index (χ0v) is 15.5. The van der Waals surface area contributed by atoms with Crippen LogP contribution in [0.1, 0.15) is 13.8 Å². The average molecular weight is 319 g/mol. The van der Waals surface area contributed by atoms with Gasteiger partial charge in [-0.25, -0.2) is 0 Å². The van der Waals surface area contributed by atoms with E-state index in [-0.39, 0.29) is 12.2 Å². The molecule has 0 radical (unpaired) electrons. The van der Waals surface area contributed by atoms with Crippen LogP contribution in [0.3, 0.4) is 0 Å². The topological polar surface area (TPSA) is 53.4 Å². The summed E-state index contributed by atoms with van der Waals surface area (Å²) in [5.74, 6) is 0. The van der Waals surface area contributed by atoms with Gasteiger partial charge < -0.3 is 20.0 Å². The van der Waals surface area contributed by atoms with Crippen molar-refractivity contribution in [2.24, 2.45) is 0 Å². The Labute approximate surface area is 137 Å². The van der Waals surface area contributed by atoms with Crippen molar-refractivity contribution in [3.8, 4) is 0 Å². The summed E-state index contributed by atoms with van der Waals surface area (Å²) in [6.07, 6.45) is -0.475. The van der Waals surface area contributed by atoms with Crippen LogP contribution in [0.25, 0.3) is 0 Å². The van der Waals surface area contributed by atoms with Gasteiger partial charge in [0.25, 0.3) is 0 Å². The van der Waals surface area contributed by atoms with Gasteiger partial charge in [0.15, 0.2) is 0 Å². The van der Waals surface area contributed by atoms with Crippen molar-refractivity contribution in [2.45, 2.75) is 26.1 Å². The third-order valence-corrected chi connectivity index (χ3v) is 3.50. The second-order valence-corrected chi connectivity index (χ2v) is 6.91. The van der Waals surface area contributed by atoms with Crippen molar-refractivity contribution in [3.63, 3.8) is 0 Å². The Hall–Kier alpha value is -0.240. The quantitative estimate of drug-likeness (QED) is 0.659. The molecule has 1 heterocycles. The van der Waals surface area contributed by atoms with Crippen LogP contribution >= 0.6 is 0 Å². The van der Waals surface area contributed by atoms with Gasteiger partial charge in [-0.15, -0.1) is 0 Å². The van der Waals surface area contributed by atoms with E-state index in [0.717, 1.165) is 52.4 Å². The van der Waals surface area contributed by atoms with E-state index in [1.54, 1.807) is 0 Å². The Morgan fingerprint density at radius 3 is 1.18 bits per heavy atom. The molecule has 0 aromatic heterocycles. The molecule has 0 saturated carbocycles. The monoisotopic (exact) mass is 318 g/mol.